The van der Waals surface area contributed by atoms with E-state index in [-0.39, 0.29) is 5.69 Å². The summed E-state index contributed by atoms with van der Waals surface area (Å²) in [7, 11) is 0. The number of nitrogens with zero attached hydrogens (tertiary/aromatic N) is 3. The van der Waals surface area contributed by atoms with Crippen LogP contribution in [0.1, 0.15) is 25.5 Å². The lowest BCUT2D eigenvalue weighted by molar-refractivity contribution is 0.198. The van der Waals surface area contributed by atoms with Gasteiger partial charge in [0.05, 0.1) is 6.10 Å². The highest BCUT2D eigenvalue weighted by atomic mass is 32.2. The van der Waals surface area contributed by atoms with Crippen LogP contribution in [0.3, 0.4) is 0 Å². The van der Waals surface area contributed by atoms with Crippen molar-refractivity contribution in [1.82, 2.24) is 19.7 Å². The van der Waals surface area contributed by atoms with Crippen LogP contribution in [0.4, 0.5) is 0 Å². The van der Waals surface area contributed by atoms with Gasteiger partial charge < -0.3 is 5.11 Å². The van der Waals surface area contributed by atoms with E-state index in [2.05, 4.69) is 15.2 Å². The normalized spacial score (nSPS) is 12.6. The van der Waals surface area contributed by atoms with Crippen molar-refractivity contribution >= 4 is 11.8 Å². The molecule has 0 saturated carbocycles. The molecule has 2 aromatic rings. The van der Waals surface area contributed by atoms with Gasteiger partial charge in [-0.3, -0.25) is 4.57 Å². The molecule has 0 aliphatic carbocycles. The van der Waals surface area contributed by atoms with Gasteiger partial charge in [0.2, 0.25) is 0 Å². The fourth-order valence-corrected chi connectivity index (χ4v) is 2.29. The first kappa shape index (κ1) is 12.8. The van der Waals surface area contributed by atoms with Crippen LogP contribution in [-0.2, 0) is 6.54 Å². The standard InChI is InChI=1S/C11H14N4O2S/c1-3-15-10(17)13-14-11(15)18-9-5-4-8(6-12-9)7(2)16/h4-7,16H,3H2,1-2H3,(H,13,17)/t7-/m1/s1. The SMILES string of the molecule is CCn1c(Sc2ccc([C@@H](C)O)cn2)n[nH]c1=O. The van der Waals surface area contributed by atoms with Gasteiger partial charge in [-0.15, -0.1) is 5.10 Å². The fraction of sp³-hybridized carbons (Fsp3) is 0.364. The number of aromatic nitrogens is 4. The van der Waals surface area contributed by atoms with E-state index < -0.39 is 6.10 Å². The number of aliphatic hydroxyl groups is 1. The molecule has 96 valence electrons. The molecule has 2 N–H and O–H groups in total. The summed E-state index contributed by atoms with van der Waals surface area (Å²) in [6.07, 6.45) is 1.09. The average Bonchev–Trinajstić information content (AvgIpc) is 2.70. The van der Waals surface area contributed by atoms with Crippen LogP contribution < -0.4 is 5.69 Å². The number of pyridine rings is 1. The lowest BCUT2D eigenvalue weighted by Crippen LogP contribution is -2.16. The first-order valence-corrected chi connectivity index (χ1v) is 6.40. The molecule has 6 nitrogen and oxygen atoms in total. The second kappa shape index (κ2) is 5.36. The van der Waals surface area contributed by atoms with E-state index in [0.29, 0.717) is 11.7 Å². The summed E-state index contributed by atoms with van der Waals surface area (Å²) in [6.45, 7) is 4.13. The average molecular weight is 266 g/mol. The molecular weight excluding hydrogens is 252 g/mol. The molecule has 7 heteroatoms. The maximum absolute atomic E-state index is 11.4. The number of nitrogens with one attached hydrogen (secondary N) is 1. The van der Waals surface area contributed by atoms with E-state index in [1.165, 1.54) is 16.3 Å². The minimum atomic E-state index is -0.532. The van der Waals surface area contributed by atoms with Crippen LogP contribution in [0, 0.1) is 0 Å². The van der Waals surface area contributed by atoms with Crippen molar-refractivity contribution in [3.63, 3.8) is 0 Å². The Balaban J connectivity index is 2.21. The summed E-state index contributed by atoms with van der Waals surface area (Å²) in [4.78, 5) is 15.6. The molecule has 0 spiro atoms. The largest absolute Gasteiger partial charge is 0.389 e. The molecule has 0 aliphatic rings. The quantitative estimate of drug-likeness (QED) is 0.868. The molecule has 0 radical (unpaired) electrons. The molecule has 1 atom stereocenters. The van der Waals surface area contributed by atoms with Crippen LogP contribution in [0.5, 0.6) is 0 Å². The maximum Gasteiger partial charge on any atom is 0.343 e. The highest BCUT2D eigenvalue weighted by Crippen LogP contribution is 2.23. The molecule has 0 amide bonds. The number of aliphatic hydroxyl groups excluding tert-OH is 1. The van der Waals surface area contributed by atoms with Crippen molar-refractivity contribution in [3.05, 3.63) is 34.4 Å². The number of rotatable bonds is 4. The van der Waals surface area contributed by atoms with Crippen molar-refractivity contribution in [2.45, 2.75) is 36.7 Å². The lowest BCUT2D eigenvalue weighted by atomic mass is 10.2. The maximum atomic E-state index is 11.4. The van der Waals surface area contributed by atoms with Gasteiger partial charge in [-0.1, -0.05) is 6.07 Å². The Hall–Kier alpha value is -1.60. The van der Waals surface area contributed by atoms with Gasteiger partial charge in [0.1, 0.15) is 5.03 Å². The van der Waals surface area contributed by atoms with Gasteiger partial charge >= 0.3 is 5.69 Å². The van der Waals surface area contributed by atoms with Crippen LogP contribution in [0.2, 0.25) is 0 Å². The molecular formula is C11H14N4O2S. The first-order chi connectivity index (χ1) is 8.61. The molecule has 2 rings (SSSR count). The molecule has 2 aromatic heterocycles. The number of aromatic amines is 1. The zero-order valence-corrected chi connectivity index (χ0v) is 10.9. The topological polar surface area (TPSA) is 83.8 Å². The first-order valence-electron chi connectivity index (χ1n) is 5.59. The fourth-order valence-electron chi connectivity index (χ4n) is 1.45. The number of hydrogen-bond donors (Lipinski definition) is 2. The molecule has 0 aliphatic heterocycles. The monoisotopic (exact) mass is 266 g/mol. The Morgan fingerprint density at radius 2 is 2.33 bits per heavy atom. The van der Waals surface area contributed by atoms with Crippen molar-refractivity contribution < 1.29 is 5.11 Å². The second-order valence-electron chi connectivity index (χ2n) is 3.76. The minimum Gasteiger partial charge on any atom is -0.389 e. The van der Waals surface area contributed by atoms with E-state index >= 15 is 0 Å². The van der Waals surface area contributed by atoms with Gasteiger partial charge in [-0.05, 0) is 37.2 Å². The van der Waals surface area contributed by atoms with Gasteiger partial charge in [0, 0.05) is 12.7 Å². The van der Waals surface area contributed by atoms with Gasteiger partial charge in [0.15, 0.2) is 5.16 Å². The molecule has 2 heterocycles. The Bertz CT molecular complexity index is 573. The van der Waals surface area contributed by atoms with Gasteiger partial charge in [-0.25, -0.2) is 14.9 Å². The third-order valence-electron chi connectivity index (χ3n) is 2.48. The van der Waals surface area contributed by atoms with E-state index in [9.17, 15) is 9.90 Å². The molecule has 0 bridgehead atoms. The predicted molar refractivity (Wildman–Crippen MR) is 67.5 cm³/mol. The third-order valence-corrected chi connectivity index (χ3v) is 3.42. The summed E-state index contributed by atoms with van der Waals surface area (Å²) < 4.78 is 1.54. The second-order valence-corrected chi connectivity index (χ2v) is 4.75. The van der Waals surface area contributed by atoms with Crippen LogP contribution in [-0.4, -0.2) is 24.9 Å². The highest BCUT2D eigenvalue weighted by molar-refractivity contribution is 7.99. The van der Waals surface area contributed by atoms with Crippen molar-refractivity contribution in [1.29, 1.82) is 0 Å². The van der Waals surface area contributed by atoms with Crippen molar-refractivity contribution in [2.24, 2.45) is 0 Å². The molecule has 0 unspecified atom stereocenters. The summed E-state index contributed by atoms with van der Waals surface area (Å²) >= 11 is 1.31. The summed E-state index contributed by atoms with van der Waals surface area (Å²) in [5.41, 5.74) is 0.537. The van der Waals surface area contributed by atoms with E-state index in [4.69, 9.17) is 0 Å². The third kappa shape index (κ3) is 2.62. The summed E-state index contributed by atoms with van der Waals surface area (Å²) in [5, 5.41) is 17.0. The van der Waals surface area contributed by atoms with E-state index in [1.807, 2.05) is 6.92 Å². The smallest absolute Gasteiger partial charge is 0.343 e. The Kier molecular flexibility index (Phi) is 3.83. The molecule has 0 saturated heterocycles. The Morgan fingerprint density at radius 1 is 1.56 bits per heavy atom. The predicted octanol–water partition coefficient (Wildman–Crippen LogP) is 1.19. The zero-order chi connectivity index (χ0) is 13.1. The number of H-pyrrole nitrogens is 1. The number of hydrogen-bond acceptors (Lipinski definition) is 5. The van der Waals surface area contributed by atoms with Gasteiger partial charge in [0.25, 0.3) is 0 Å². The summed E-state index contributed by atoms with van der Waals surface area (Å²) in [6, 6.07) is 3.60. The van der Waals surface area contributed by atoms with Crippen LogP contribution >= 0.6 is 11.8 Å². The van der Waals surface area contributed by atoms with E-state index in [1.54, 1.807) is 25.3 Å². The highest BCUT2D eigenvalue weighted by Gasteiger charge is 2.09. The van der Waals surface area contributed by atoms with E-state index in [0.717, 1.165) is 10.6 Å². The van der Waals surface area contributed by atoms with Crippen molar-refractivity contribution in [3.8, 4) is 0 Å². The van der Waals surface area contributed by atoms with Crippen LogP contribution in [0.15, 0.2) is 33.3 Å². The zero-order valence-electron chi connectivity index (χ0n) is 10.1. The van der Waals surface area contributed by atoms with Crippen molar-refractivity contribution in [2.75, 3.05) is 0 Å². The Morgan fingerprint density at radius 3 is 2.89 bits per heavy atom. The van der Waals surface area contributed by atoms with Crippen LogP contribution in [0.25, 0.3) is 0 Å². The molecule has 0 fully saturated rings. The molecule has 18 heavy (non-hydrogen) atoms. The summed E-state index contributed by atoms with van der Waals surface area (Å²) in [5.74, 6) is 0. The Labute approximate surface area is 108 Å². The lowest BCUT2D eigenvalue weighted by Gasteiger charge is -2.05. The molecule has 0 aromatic carbocycles. The minimum absolute atomic E-state index is 0.222. The van der Waals surface area contributed by atoms with Gasteiger partial charge in [-0.2, -0.15) is 0 Å².